The molecule has 1 aliphatic rings. The summed E-state index contributed by atoms with van der Waals surface area (Å²) in [7, 11) is 0. The number of nitrogens with one attached hydrogen (secondary N) is 1. The smallest absolute Gasteiger partial charge is 0.133 e. The van der Waals surface area contributed by atoms with Crippen molar-refractivity contribution in [3.8, 4) is 0 Å². The first kappa shape index (κ1) is 14.3. The Bertz CT molecular complexity index is 419. The van der Waals surface area contributed by atoms with E-state index in [-0.39, 0.29) is 5.54 Å². The minimum absolute atomic E-state index is 0.0309. The average molecular weight is 262 g/mol. The molecular weight excluding hydrogens is 236 g/mol. The number of nitrogens with zero attached hydrogens (tertiary/aromatic N) is 2. The van der Waals surface area contributed by atoms with Gasteiger partial charge in [-0.3, -0.25) is 0 Å². The van der Waals surface area contributed by atoms with Crippen molar-refractivity contribution in [3.05, 3.63) is 17.6 Å². The van der Waals surface area contributed by atoms with E-state index in [9.17, 15) is 0 Å². The third-order valence-electron chi connectivity index (χ3n) is 4.27. The van der Waals surface area contributed by atoms with Crippen LogP contribution in [0.15, 0.2) is 6.33 Å². The van der Waals surface area contributed by atoms with Gasteiger partial charge < -0.3 is 11.1 Å². The second-order valence-corrected chi connectivity index (χ2v) is 5.79. The van der Waals surface area contributed by atoms with E-state index in [0.29, 0.717) is 6.54 Å². The highest BCUT2D eigenvalue weighted by molar-refractivity contribution is 5.48. The number of aryl methyl sites for hydroxylation is 1. The molecule has 19 heavy (non-hydrogen) atoms. The van der Waals surface area contributed by atoms with Crippen LogP contribution in [0.3, 0.4) is 0 Å². The third-order valence-corrected chi connectivity index (χ3v) is 4.27. The van der Waals surface area contributed by atoms with E-state index >= 15 is 0 Å². The Morgan fingerprint density at radius 2 is 2.05 bits per heavy atom. The van der Waals surface area contributed by atoms with Crippen molar-refractivity contribution in [2.75, 3.05) is 11.9 Å². The van der Waals surface area contributed by atoms with Gasteiger partial charge in [-0.1, -0.05) is 13.3 Å². The summed E-state index contributed by atoms with van der Waals surface area (Å²) in [6, 6.07) is 0. The van der Waals surface area contributed by atoms with Crippen molar-refractivity contribution in [2.45, 2.75) is 64.3 Å². The number of aromatic nitrogens is 2. The minimum Gasteiger partial charge on any atom is -0.365 e. The quantitative estimate of drug-likeness (QED) is 0.801. The molecule has 0 spiro atoms. The lowest BCUT2D eigenvalue weighted by Crippen LogP contribution is -2.37. The summed E-state index contributed by atoms with van der Waals surface area (Å²) in [5, 5.41) is 3.63. The third kappa shape index (κ3) is 3.44. The van der Waals surface area contributed by atoms with Crippen LogP contribution in [0.4, 0.5) is 5.82 Å². The highest BCUT2D eigenvalue weighted by atomic mass is 15.1. The molecule has 0 aromatic carbocycles. The summed E-state index contributed by atoms with van der Waals surface area (Å²) in [5.74, 6) is 1.03. The lowest BCUT2D eigenvalue weighted by molar-refractivity contribution is 0.461. The van der Waals surface area contributed by atoms with Gasteiger partial charge in [-0.2, -0.15) is 0 Å². The molecule has 0 fully saturated rings. The van der Waals surface area contributed by atoms with Gasteiger partial charge in [-0.05, 0) is 52.0 Å². The lowest BCUT2D eigenvalue weighted by atomic mass is 9.94. The standard InChI is InChI=1S/C15H26N4/c1-3-15(2,9-10-16)19-14-12-7-5-4-6-8-13(12)17-11-18-14/h11H,3-10,16H2,1-2H3,(H,17,18,19). The fourth-order valence-electron chi connectivity index (χ4n) is 2.74. The van der Waals surface area contributed by atoms with Crippen molar-refractivity contribution in [1.82, 2.24) is 9.97 Å². The molecule has 3 N–H and O–H groups in total. The van der Waals surface area contributed by atoms with E-state index in [1.807, 2.05) is 0 Å². The summed E-state index contributed by atoms with van der Waals surface area (Å²) >= 11 is 0. The molecule has 0 bridgehead atoms. The van der Waals surface area contributed by atoms with Crippen LogP contribution in [0.25, 0.3) is 0 Å². The zero-order valence-electron chi connectivity index (χ0n) is 12.2. The maximum Gasteiger partial charge on any atom is 0.133 e. The normalized spacial score (nSPS) is 18.3. The second-order valence-electron chi connectivity index (χ2n) is 5.79. The van der Waals surface area contributed by atoms with Gasteiger partial charge in [0.05, 0.1) is 0 Å². The number of rotatable bonds is 5. The number of fused-ring (bicyclic) bond motifs is 1. The minimum atomic E-state index is 0.0309. The van der Waals surface area contributed by atoms with E-state index in [4.69, 9.17) is 5.73 Å². The summed E-state index contributed by atoms with van der Waals surface area (Å²) < 4.78 is 0. The molecule has 1 heterocycles. The van der Waals surface area contributed by atoms with E-state index in [2.05, 4.69) is 29.1 Å². The molecule has 1 atom stereocenters. The summed E-state index contributed by atoms with van der Waals surface area (Å²) in [5.41, 5.74) is 8.33. The molecule has 0 saturated carbocycles. The number of anilines is 1. The molecule has 1 unspecified atom stereocenters. The SMILES string of the molecule is CCC(C)(CCN)Nc1ncnc2c1CCCCC2. The predicted octanol–water partition coefficient (Wildman–Crippen LogP) is 2.67. The van der Waals surface area contributed by atoms with Gasteiger partial charge in [-0.25, -0.2) is 9.97 Å². The van der Waals surface area contributed by atoms with Gasteiger partial charge in [-0.15, -0.1) is 0 Å². The van der Waals surface area contributed by atoms with Crippen molar-refractivity contribution in [3.63, 3.8) is 0 Å². The van der Waals surface area contributed by atoms with Crippen LogP contribution >= 0.6 is 0 Å². The molecule has 4 nitrogen and oxygen atoms in total. The second kappa shape index (κ2) is 6.33. The van der Waals surface area contributed by atoms with Crippen LogP contribution in [0, 0.1) is 0 Å². The van der Waals surface area contributed by atoms with Crippen LogP contribution in [0.2, 0.25) is 0 Å². The largest absolute Gasteiger partial charge is 0.365 e. The Morgan fingerprint density at radius 1 is 1.26 bits per heavy atom. The highest BCUT2D eigenvalue weighted by Gasteiger charge is 2.24. The molecule has 1 aromatic heterocycles. The van der Waals surface area contributed by atoms with Crippen molar-refractivity contribution in [2.24, 2.45) is 5.73 Å². The molecule has 0 amide bonds. The fraction of sp³-hybridized carbons (Fsp3) is 0.733. The summed E-state index contributed by atoms with van der Waals surface area (Å²) in [4.78, 5) is 8.95. The Morgan fingerprint density at radius 3 is 2.79 bits per heavy atom. The molecule has 0 radical (unpaired) electrons. The monoisotopic (exact) mass is 262 g/mol. The van der Waals surface area contributed by atoms with Crippen molar-refractivity contribution in [1.29, 1.82) is 0 Å². The van der Waals surface area contributed by atoms with E-state index in [1.54, 1.807) is 6.33 Å². The Hall–Kier alpha value is -1.16. The fourth-order valence-corrected chi connectivity index (χ4v) is 2.74. The number of hydrogen-bond acceptors (Lipinski definition) is 4. The van der Waals surface area contributed by atoms with Crippen LogP contribution in [0.5, 0.6) is 0 Å². The maximum atomic E-state index is 5.73. The molecule has 1 aliphatic carbocycles. The molecule has 106 valence electrons. The molecule has 4 heteroatoms. The zero-order valence-corrected chi connectivity index (χ0v) is 12.2. The van der Waals surface area contributed by atoms with E-state index in [0.717, 1.165) is 31.5 Å². The van der Waals surface area contributed by atoms with Crippen LogP contribution < -0.4 is 11.1 Å². The summed E-state index contributed by atoms with van der Waals surface area (Å²) in [6.07, 6.45) is 9.68. The van der Waals surface area contributed by atoms with Crippen LogP contribution in [-0.4, -0.2) is 22.1 Å². The van der Waals surface area contributed by atoms with E-state index in [1.165, 1.54) is 30.5 Å². The topological polar surface area (TPSA) is 63.8 Å². The number of hydrogen-bond donors (Lipinski definition) is 2. The van der Waals surface area contributed by atoms with Crippen LogP contribution in [-0.2, 0) is 12.8 Å². The van der Waals surface area contributed by atoms with Crippen molar-refractivity contribution >= 4 is 5.82 Å². The first-order valence-electron chi connectivity index (χ1n) is 7.49. The molecule has 0 saturated heterocycles. The maximum absolute atomic E-state index is 5.73. The first-order valence-corrected chi connectivity index (χ1v) is 7.49. The molecule has 0 aliphatic heterocycles. The lowest BCUT2D eigenvalue weighted by Gasteiger charge is -2.31. The zero-order chi connectivity index (χ0) is 13.7. The predicted molar refractivity (Wildman–Crippen MR) is 79.3 cm³/mol. The highest BCUT2D eigenvalue weighted by Crippen LogP contribution is 2.27. The van der Waals surface area contributed by atoms with Gasteiger partial charge in [0.2, 0.25) is 0 Å². The molecule has 1 aromatic rings. The Balaban J connectivity index is 2.25. The van der Waals surface area contributed by atoms with Gasteiger partial charge in [0.15, 0.2) is 0 Å². The van der Waals surface area contributed by atoms with E-state index < -0.39 is 0 Å². The average Bonchev–Trinajstić information content (AvgIpc) is 2.65. The van der Waals surface area contributed by atoms with Gasteiger partial charge >= 0.3 is 0 Å². The van der Waals surface area contributed by atoms with Gasteiger partial charge in [0.25, 0.3) is 0 Å². The summed E-state index contributed by atoms with van der Waals surface area (Å²) in [6.45, 7) is 5.12. The molecular formula is C15H26N4. The van der Waals surface area contributed by atoms with Crippen LogP contribution in [0.1, 0.15) is 57.2 Å². The number of nitrogens with two attached hydrogens (primary N) is 1. The van der Waals surface area contributed by atoms with Gasteiger partial charge in [0, 0.05) is 16.8 Å². The Kier molecular flexibility index (Phi) is 4.75. The van der Waals surface area contributed by atoms with Crippen molar-refractivity contribution < 1.29 is 0 Å². The van der Waals surface area contributed by atoms with Gasteiger partial charge in [0.1, 0.15) is 12.1 Å². The molecule has 2 rings (SSSR count). The first-order chi connectivity index (χ1) is 9.18. The Labute approximate surface area is 116 Å².